The van der Waals surface area contributed by atoms with Crippen LogP contribution in [0.15, 0.2) is 6.07 Å². The predicted octanol–water partition coefficient (Wildman–Crippen LogP) is 2.90. The highest BCUT2D eigenvalue weighted by atomic mass is 35.5. The molecule has 78 valence electrons. The van der Waals surface area contributed by atoms with E-state index in [1.54, 1.807) is 6.07 Å². The van der Waals surface area contributed by atoms with Crippen molar-refractivity contribution in [1.29, 1.82) is 0 Å². The number of aromatic nitrogens is 2. The summed E-state index contributed by atoms with van der Waals surface area (Å²) in [5, 5.41) is 3.71. The maximum Gasteiger partial charge on any atom is 0.134 e. The fraction of sp³-hybridized carbons (Fsp3) is 0.600. The first kappa shape index (κ1) is 11.2. The Hall–Kier alpha value is -0.830. The molecule has 0 aliphatic rings. The van der Waals surface area contributed by atoms with Crippen molar-refractivity contribution in [2.24, 2.45) is 0 Å². The quantitative estimate of drug-likeness (QED) is 0.782. The molecule has 0 saturated heterocycles. The van der Waals surface area contributed by atoms with E-state index in [4.69, 9.17) is 11.6 Å². The van der Waals surface area contributed by atoms with Crippen LogP contribution in [-0.4, -0.2) is 16.0 Å². The molecule has 0 aromatic carbocycles. The summed E-state index contributed by atoms with van der Waals surface area (Å²) in [6.07, 6.45) is 1.90. The van der Waals surface area contributed by atoms with Gasteiger partial charge in [0.1, 0.15) is 16.8 Å². The van der Waals surface area contributed by atoms with Gasteiger partial charge in [-0.25, -0.2) is 9.97 Å². The minimum absolute atomic E-state index is 0.357. The van der Waals surface area contributed by atoms with Crippen molar-refractivity contribution in [2.75, 3.05) is 5.32 Å². The second-order valence-corrected chi connectivity index (χ2v) is 3.93. The lowest BCUT2D eigenvalue weighted by Gasteiger charge is -2.10. The van der Waals surface area contributed by atoms with E-state index >= 15 is 0 Å². The van der Waals surface area contributed by atoms with E-state index in [1.807, 2.05) is 0 Å². The summed E-state index contributed by atoms with van der Waals surface area (Å²) in [6.45, 7) is 6.23. The number of hydrogen-bond donors (Lipinski definition) is 1. The average molecular weight is 214 g/mol. The molecular weight excluding hydrogens is 198 g/mol. The summed E-state index contributed by atoms with van der Waals surface area (Å²) in [5.41, 5.74) is 0. The van der Waals surface area contributed by atoms with Crippen molar-refractivity contribution in [3.8, 4) is 0 Å². The molecule has 1 aromatic rings. The van der Waals surface area contributed by atoms with Crippen LogP contribution in [0.5, 0.6) is 0 Å². The third-order valence-electron chi connectivity index (χ3n) is 1.65. The van der Waals surface area contributed by atoms with Crippen LogP contribution in [0, 0.1) is 0 Å². The second kappa shape index (κ2) is 5.15. The van der Waals surface area contributed by atoms with E-state index in [-0.39, 0.29) is 0 Å². The Balaban J connectivity index is 2.83. The average Bonchev–Trinajstić information content (AvgIpc) is 2.01. The predicted molar refractivity (Wildman–Crippen MR) is 59.8 cm³/mol. The van der Waals surface area contributed by atoms with Gasteiger partial charge in [0.05, 0.1) is 0 Å². The number of hydrogen-bond acceptors (Lipinski definition) is 3. The zero-order chi connectivity index (χ0) is 10.6. The number of rotatable bonds is 4. The van der Waals surface area contributed by atoms with E-state index < -0.39 is 0 Å². The van der Waals surface area contributed by atoms with Gasteiger partial charge in [0, 0.05) is 18.5 Å². The molecule has 0 aliphatic heterocycles. The van der Waals surface area contributed by atoms with Gasteiger partial charge < -0.3 is 5.32 Å². The van der Waals surface area contributed by atoms with Crippen LogP contribution in [-0.2, 0) is 6.42 Å². The molecule has 3 nitrogen and oxygen atoms in total. The highest BCUT2D eigenvalue weighted by molar-refractivity contribution is 6.29. The third-order valence-corrected chi connectivity index (χ3v) is 1.84. The van der Waals surface area contributed by atoms with Gasteiger partial charge in [-0.2, -0.15) is 0 Å². The van der Waals surface area contributed by atoms with Crippen LogP contribution < -0.4 is 5.32 Å². The zero-order valence-corrected chi connectivity index (χ0v) is 9.60. The van der Waals surface area contributed by atoms with Gasteiger partial charge in [-0.1, -0.05) is 18.5 Å². The molecular formula is C10H16ClN3. The molecule has 0 unspecified atom stereocenters. The smallest absolute Gasteiger partial charge is 0.134 e. The Kier molecular flexibility index (Phi) is 4.14. The molecule has 0 spiro atoms. The molecule has 0 aliphatic carbocycles. The van der Waals surface area contributed by atoms with Crippen molar-refractivity contribution < 1.29 is 0 Å². The molecule has 0 radical (unpaired) electrons. The number of nitrogens with zero attached hydrogens (tertiary/aromatic N) is 2. The van der Waals surface area contributed by atoms with Gasteiger partial charge in [0.2, 0.25) is 0 Å². The maximum absolute atomic E-state index is 5.88. The second-order valence-electron chi connectivity index (χ2n) is 3.54. The molecule has 0 saturated carbocycles. The minimum Gasteiger partial charge on any atom is -0.368 e. The van der Waals surface area contributed by atoms with Crippen LogP contribution in [0.3, 0.4) is 0 Å². The Morgan fingerprint density at radius 2 is 2.14 bits per heavy atom. The summed E-state index contributed by atoms with van der Waals surface area (Å²) < 4.78 is 0. The Morgan fingerprint density at radius 3 is 2.71 bits per heavy atom. The normalized spacial score (nSPS) is 10.6. The number of nitrogens with one attached hydrogen (secondary N) is 1. The molecule has 0 fully saturated rings. The lowest BCUT2D eigenvalue weighted by molar-refractivity contribution is 0.822. The highest BCUT2D eigenvalue weighted by Crippen LogP contribution is 2.13. The van der Waals surface area contributed by atoms with Crippen LogP contribution in [0.4, 0.5) is 5.82 Å². The molecule has 0 atom stereocenters. The summed E-state index contributed by atoms with van der Waals surface area (Å²) >= 11 is 5.88. The van der Waals surface area contributed by atoms with Crippen LogP contribution in [0.2, 0.25) is 5.15 Å². The maximum atomic E-state index is 5.88. The van der Waals surface area contributed by atoms with Gasteiger partial charge in [-0.3, -0.25) is 0 Å². The van der Waals surface area contributed by atoms with Crippen molar-refractivity contribution in [2.45, 2.75) is 39.7 Å². The van der Waals surface area contributed by atoms with Crippen molar-refractivity contribution in [3.05, 3.63) is 17.0 Å². The van der Waals surface area contributed by atoms with E-state index in [9.17, 15) is 0 Å². The molecule has 0 amide bonds. The fourth-order valence-corrected chi connectivity index (χ4v) is 1.37. The van der Waals surface area contributed by atoms with Gasteiger partial charge in [0.25, 0.3) is 0 Å². The highest BCUT2D eigenvalue weighted by Gasteiger charge is 2.03. The molecule has 1 rings (SSSR count). The molecule has 14 heavy (non-hydrogen) atoms. The third kappa shape index (κ3) is 3.50. The topological polar surface area (TPSA) is 37.8 Å². The van der Waals surface area contributed by atoms with Crippen LogP contribution in [0.1, 0.15) is 33.0 Å². The first-order valence-corrected chi connectivity index (χ1v) is 5.29. The SMILES string of the molecule is CCCc1nc(Cl)cc(NC(C)C)n1. The fourth-order valence-electron chi connectivity index (χ4n) is 1.17. The van der Waals surface area contributed by atoms with Crippen LogP contribution in [0.25, 0.3) is 0 Å². The lowest BCUT2D eigenvalue weighted by atomic mass is 10.3. The molecule has 1 aromatic heterocycles. The van der Waals surface area contributed by atoms with Gasteiger partial charge in [-0.15, -0.1) is 0 Å². The first-order valence-electron chi connectivity index (χ1n) is 4.91. The summed E-state index contributed by atoms with van der Waals surface area (Å²) in [7, 11) is 0. The van der Waals surface area contributed by atoms with Crippen molar-refractivity contribution in [1.82, 2.24) is 9.97 Å². The largest absolute Gasteiger partial charge is 0.368 e. The van der Waals surface area contributed by atoms with Crippen molar-refractivity contribution in [3.63, 3.8) is 0 Å². The Morgan fingerprint density at radius 1 is 1.43 bits per heavy atom. The van der Waals surface area contributed by atoms with Gasteiger partial charge in [-0.05, 0) is 20.3 Å². The number of halogens is 1. The van der Waals surface area contributed by atoms with Crippen molar-refractivity contribution >= 4 is 17.4 Å². The first-order chi connectivity index (χ1) is 6.61. The minimum atomic E-state index is 0.357. The lowest BCUT2D eigenvalue weighted by Crippen LogP contribution is -2.12. The van der Waals surface area contributed by atoms with Gasteiger partial charge in [0.15, 0.2) is 0 Å². The number of aryl methyl sites for hydroxylation is 1. The van der Waals surface area contributed by atoms with Crippen LogP contribution >= 0.6 is 11.6 Å². The molecule has 1 heterocycles. The summed E-state index contributed by atoms with van der Waals surface area (Å²) in [4.78, 5) is 8.50. The standard InChI is InChI=1S/C10H16ClN3/c1-4-5-9-13-8(11)6-10(14-9)12-7(2)3/h6-7H,4-5H2,1-3H3,(H,12,13,14). The zero-order valence-electron chi connectivity index (χ0n) is 8.84. The van der Waals surface area contributed by atoms with E-state index in [0.717, 1.165) is 24.5 Å². The molecule has 4 heteroatoms. The van der Waals surface area contributed by atoms with Gasteiger partial charge >= 0.3 is 0 Å². The molecule has 0 bridgehead atoms. The Bertz CT molecular complexity index is 299. The summed E-state index contributed by atoms with van der Waals surface area (Å²) in [5.74, 6) is 1.62. The molecule has 1 N–H and O–H groups in total. The monoisotopic (exact) mass is 213 g/mol. The Labute approximate surface area is 89.9 Å². The van der Waals surface area contributed by atoms with E-state index in [2.05, 4.69) is 36.1 Å². The summed E-state index contributed by atoms with van der Waals surface area (Å²) in [6, 6.07) is 2.11. The number of anilines is 1. The van der Waals surface area contributed by atoms with E-state index in [1.165, 1.54) is 0 Å². The van der Waals surface area contributed by atoms with E-state index in [0.29, 0.717) is 11.2 Å².